The van der Waals surface area contributed by atoms with Crippen molar-refractivity contribution < 1.29 is 14.3 Å². The summed E-state index contributed by atoms with van der Waals surface area (Å²) in [6.45, 7) is 0. The van der Waals surface area contributed by atoms with Gasteiger partial charge in [-0.3, -0.25) is 4.79 Å². The lowest BCUT2D eigenvalue weighted by Gasteiger charge is -2.03. The SMILES string of the molecule is COC(=O)c1ccc2c(C=O)cccc2c1. The second-order valence-electron chi connectivity index (χ2n) is 3.39. The van der Waals surface area contributed by atoms with Crippen molar-refractivity contribution in [2.24, 2.45) is 0 Å². The van der Waals surface area contributed by atoms with Crippen molar-refractivity contribution in [1.29, 1.82) is 0 Å². The van der Waals surface area contributed by atoms with Crippen molar-refractivity contribution in [2.45, 2.75) is 0 Å². The van der Waals surface area contributed by atoms with Crippen LogP contribution in [0.3, 0.4) is 0 Å². The van der Waals surface area contributed by atoms with E-state index in [4.69, 9.17) is 0 Å². The number of fused-ring (bicyclic) bond motifs is 1. The third-order valence-electron chi connectivity index (χ3n) is 2.46. The minimum atomic E-state index is -0.376. The maximum absolute atomic E-state index is 11.3. The van der Waals surface area contributed by atoms with Gasteiger partial charge in [-0.2, -0.15) is 0 Å². The Kier molecular flexibility index (Phi) is 2.68. The van der Waals surface area contributed by atoms with Gasteiger partial charge >= 0.3 is 5.97 Å². The van der Waals surface area contributed by atoms with Crippen LogP contribution in [0.2, 0.25) is 0 Å². The molecule has 0 atom stereocenters. The first-order valence-electron chi connectivity index (χ1n) is 4.82. The third kappa shape index (κ3) is 1.67. The Balaban J connectivity index is 2.64. The molecule has 0 aliphatic heterocycles. The zero-order valence-corrected chi connectivity index (χ0v) is 8.77. The fourth-order valence-electron chi connectivity index (χ4n) is 1.66. The molecule has 0 bridgehead atoms. The number of hydrogen-bond donors (Lipinski definition) is 0. The van der Waals surface area contributed by atoms with Crippen LogP contribution in [0.25, 0.3) is 10.8 Å². The molecule has 0 unspecified atom stereocenters. The molecule has 0 spiro atoms. The van der Waals surface area contributed by atoms with Gasteiger partial charge in [0.1, 0.15) is 0 Å². The maximum atomic E-state index is 11.3. The third-order valence-corrected chi connectivity index (χ3v) is 2.46. The second-order valence-corrected chi connectivity index (χ2v) is 3.39. The van der Waals surface area contributed by atoms with E-state index in [-0.39, 0.29) is 5.97 Å². The van der Waals surface area contributed by atoms with Crippen LogP contribution >= 0.6 is 0 Å². The van der Waals surface area contributed by atoms with Crippen LogP contribution in [-0.4, -0.2) is 19.4 Å². The monoisotopic (exact) mass is 214 g/mol. The summed E-state index contributed by atoms with van der Waals surface area (Å²) in [5.74, 6) is -0.376. The lowest BCUT2D eigenvalue weighted by Crippen LogP contribution is -2.00. The topological polar surface area (TPSA) is 43.4 Å². The smallest absolute Gasteiger partial charge is 0.337 e. The Morgan fingerprint density at radius 3 is 2.75 bits per heavy atom. The van der Waals surface area contributed by atoms with Crippen LogP contribution in [0.5, 0.6) is 0 Å². The highest BCUT2D eigenvalue weighted by Crippen LogP contribution is 2.19. The molecule has 0 fully saturated rings. The molecule has 0 amide bonds. The number of aldehydes is 1. The van der Waals surface area contributed by atoms with E-state index in [0.29, 0.717) is 11.1 Å². The predicted molar refractivity (Wildman–Crippen MR) is 60.7 cm³/mol. The Morgan fingerprint density at radius 2 is 2.06 bits per heavy atom. The standard InChI is InChI=1S/C13H10O3/c1-16-13(15)10-5-6-12-9(7-10)3-2-4-11(12)8-14/h2-8H,1H3. The Morgan fingerprint density at radius 1 is 1.25 bits per heavy atom. The van der Waals surface area contributed by atoms with Gasteiger partial charge in [-0.05, 0) is 22.9 Å². The van der Waals surface area contributed by atoms with E-state index in [9.17, 15) is 9.59 Å². The fourth-order valence-corrected chi connectivity index (χ4v) is 1.66. The molecule has 0 radical (unpaired) electrons. The summed E-state index contributed by atoms with van der Waals surface area (Å²) < 4.78 is 4.63. The molecule has 3 nitrogen and oxygen atoms in total. The molecule has 2 aromatic rings. The van der Waals surface area contributed by atoms with E-state index in [1.165, 1.54) is 7.11 Å². The van der Waals surface area contributed by atoms with E-state index in [0.717, 1.165) is 17.1 Å². The number of carbonyl (C=O) groups is 2. The quantitative estimate of drug-likeness (QED) is 0.569. The van der Waals surface area contributed by atoms with E-state index >= 15 is 0 Å². The van der Waals surface area contributed by atoms with Gasteiger partial charge in [-0.25, -0.2) is 4.79 Å². The van der Waals surface area contributed by atoms with E-state index < -0.39 is 0 Å². The summed E-state index contributed by atoms with van der Waals surface area (Å²) >= 11 is 0. The Hall–Kier alpha value is -2.16. The van der Waals surface area contributed by atoms with Crippen molar-refractivity contribution in [3.05, 3.63) is 47.5 Å². The van der Waals surface area contributed by atoms with Crippen LogP contribution in [0.1, 0.15) is 20.7 Å². The predicted octanol–water partition coefficient (Wildman–Crippen LogP) is 2.44. The second kappa shape index (κ2) is 4.14. The van der Waals surface area contributed by atoms with Crippen molar-refractivity contribution in [2.75, 3.05) is 7.11 Å². The van der Waals surface area contributed by atoms with Crippen LogP contribution in [-0.2, 0) is 4.74 Å². The number of rotatable bonds is 2. The van der Waals surface area contributed by atoms with E-state index in [1.54, 1.807) is 30.3 Å². The highest BCUT2D eigenvalue weighted by Gasteiger charge is 2.07. The Bertz CT molecular complexity index is 558. The highest BCUT2D eigenvalue weighted by atomic mass is 16.5. The summed E-state index contributed by atoms with van der Waals surface area (Å²) in [6.07, 6.45) is 0.806. The first-order valence-corrected chi connectivity index (χ1v) is 4.82. The summed E-state index contributed by atoms with van der Waals surface area (Å²) in [4.78, 5) is 22.1. The molecule has 0 aliphatic rings. The average molecular weight is 214 g/mol. The van der Waals surface area contributed by atoms with Gasteiger partial charge in [0.15, 0.2) is 6.29 Å². The van der Waals surface area contributed by atoms with Gasteiger partial charge < -0.3 is 4.74 Å². The molecule has 16 heavy (non-hydrogen) atoms. The fraction of sp³-hybridized carbons (Fsp3) is 0.0769. The van der Waals surface area contributed by atoms with Crippen molar-refractivity contribution in [3.63, 3.8) is 0 Å². The van der Waals surface area contributed by atoms with Crippen LogP contribution in [0.15, 0.2) is 36.4 Å². The van der Waals surface area contributed by atoms with Gasteiger partial charge in [0.05, 0.1) is 12.7 Å². The first kappa shape index (κ1) is 10.4. The molecular formula is C13H10O3. The number of carbonyl (C=O) groups excluding carboxylic acids is 2. The molecule has 0 aromatic heterocycles. The molecule has 0 saturated carbocycles. The minimum absolute atomic E-state index is 0.376. The normalized spacial score (nSPS) is 10.1. The zero-order chi connectivity index (χ0) is 11.5. The van der Waals surface area contributed by atoms with Crippen LogP contribution < -0.4 is 0 Å². The van der Waals surface area contributed by atoms with Crippen molar-refractivity contribution in [1.82, 2.24) is 0 Å². The summed E-state index contributed by atoms with van der Waals surface area (Å²) in [7, 11) is 1.34. The molecule has 2 aromatic carbocycles. The van der Waals surface area contributed by atoms with Crippen LogP contribution in [0, 0.1) is 0 Å². The lowest BCUT2D eigenvalue weighted by atomic mass is 10.0. The number of methoxy groups -OCH3 is 1. The zero-order valence-electron chi connectivity index (χ0n) is 8.77. The molecule has 0 saturated heterocycles. The van der Waals surface area contributed by atoms with Gasteiger partial charge in [-0.15, -0.1) is 0 Å². The molecule has 80 valence electrons. The molecule has 0 heterocycles. The van der Waals surface area contributed by atoms with Gasteiger partial charge in [-0.1, -0.05) is 24.3 Å². The van der Waals surface area contributed by atoms with E-state index in [1.807, 2.05) is 6.07 Å². The van der Waals surface area contributed by atoms with Crippen LogP contribution in [0.4, 0.5) is 0 Å². The number of benzene rings is 2. The molecular weight excluding hydrogens is 204 g/mol. The summed E-state index contributed by atoms with van der Waals surface area (Å²) in [5, 5.41) is 1.69. The van der Waals surface area contributed by atoms with Gasteiger partial charge in [0, 0.05) is 5.56 Å². The average Bonchev–Trinajstić information content (AvgIpc) is 2.36. The number of hydrogen-bond acceptors (Lipinski definition) is 3. The largest absolute Gasteiger partial charge is 0.465 e. The van der Waals surface area contributed by atoms with E-state index in [2.05, 4.69) is 4.74 Å². The number of esters is 1. The first-order chi connectivity index (χ1) is 7.76. The van der Waals surface area contributed by atoms with Crippen molar-refractivity contribution >= 4 is 23.0 Å². The maximum Gasteiger partial charge on any atom is 0.337 e. The number of ether oxygens (including phenoxy) is 1. The Labute approximate surface area is 92.6 Å². The molecule has 2 rings (SSSR count). The lowest BCUT2D eigenvalue weighted by molar-refractivity contribution is 0.0601. The molecule has 3 heteroatoms. The summed E-state index contributed by atoms with van der Waals surface area (Å²) in [6, 6.07) is 10.5. The minimum Gasteiger partial charge on any atom is -0.465 e. The summed E-state index contributed by atoms with van der Waals surface area (Å²) in [5.41, 5.74) is 1.10. The molecule has 0 aliphatic carbocycles. The highest BCUT2D eigenvalue weighted by molar-refractivity contribution is 6.01. The molecule has 0 N–H and O–H groups in total. The van der Waals surface area contributed by atoms with Gasteiger partial charge in [0.25, 0.3) is 0 Å². The van der Waals surface area contributed by atoms with Crippen molar-refractivity contribution in [3.8, 4) is 0 Å². The van der Waals surface area contributed by atoms with Gasteiger partial charge in [0.2, 0.25) is 0 Å².